The summed E-state index contributed by atoms with van der Waals surface area (Å²) in [7, 11) is 1.67. The number of rotatable bonds is 12. The molecule has 0 bridgehead atoms. The van der Waals surface area contributed by atoms with E-state index in [2.05, 4.69) is 29.5 Å². The van der Waals surface area contributed by atoms with E-state index in [1.165, 1.54) is 6.07 Å². The SMILES string of the molecule is CCNC(=NCC(C)(C)c1cccc(F)c1)NCCCCOCCOC. The Labute approximate surface area is 157 Å². The first-order valence-electron chi connectivity index (χ1n) is 9.34. The zero-order valence-corrected chi connectivity index (χ0v) is 16.6. The van der Waals surface area contributed by atoms with Crippen molar-refractivity contribution in [1.82, 2.24) is 10.6 Å². The zero-order chi connectivity index (χ0) is 19.3. The Morgan fingerprint density at radius 1 is 1.15 bits per heavy atom. The highest BCUT2D eigenvalue weighted by Gasteiger charge is 2.21. The number of halogens is 1. The third kappa shape index (κ3) is 9.15. The number of ether oxygens (including phenoxy) is 2. The van der Waals surface area contributed by atoms with Crippen LogP contribution in [0.1, 0.15) is 39.2 Å². The number of nitrogens with zero attached hydrogens (tertiary/aromatic N) is 1. The van der Waals surface area contributed by atoms with Crippen LogP contribution >= 0.6 is 0 Å². The first-order chi connectivity index (χ1) is 12.5. The zero-order valence-electron chi connectivity index (χ0n) is 16.6. The number of guanidine groups is 1. The largest absolute Gasteiger partial charge is 0.382 e. The van der Waals surface area contributed by atoms with E-state index in [-0.39, 0.29) is 11.2 Å². The van der Waals surface area contributed by atoms with Gasteiger partial charge in [0.1, 0.15) is 5.82 Å². The smallest absolute Gasteiger partial charge is 0.191 e. The van der Waals surface area contributed by atoms with Crippen LogP contribution in [0.2, 0.25) is 0 Å². The van der Waals surface area contributed by atoms with Gasteiger partial charge in [0.2, 0.25) is 0 Å². The fourth-order valence-corrected chi connectivity index (χ4v) is 2.40. The molecular weight excluding hydrogens is 333 g/mol. The Kier molecular flexibility index (Phi) is 10.9. The standard InChI is InChI=1S/C20H34FN3O2/c1-5-22-19(23-11-6-7-12-26-14-13-25-4)24-16-20(2,3)17-9-8-10-18(21)15-17/h8-10,15H,5-7,11-14,16H2,1-4H3,(H2,22,23,24). The topological polar surface area (TPSA) is 54.9 Å². The molecular formula is C20H34FN3O2. The van der Waals surface area contributed by atoms with Crippen molar-refractivity contribution in [2.24, 2.45) is 4.99 Å². The highest BCUT2D eigenvalue weighted by Crippen LogP contribution is 2.24. The third-order valence-corrected chi connectivity index (χ3v) is 4.02. The van der Waals surface area contributed by atoms with Gasteiger partial charge in [0, 0.05) is 32.2 Å². The van der Waals surface area contributed by atoms with Gasteiger partial charge in [-0.2, -0.15) is 0 Å². The van der Waals surface area contributed by atoms with E-state index in [9.17, 15) is 4.39 Å². The van der Waals surface area contributed by atoms with Crippen molar-refractivity contribution >= 4 is 5.96 Å². The van der Waals surface area contributed by atoms with Crippen LogP contribution in [0.25, 0.3) is 0 Å². The monoisotopic (exact) mass is 367 g/mol. The molecule has 0 heterocycles. The molecule has 26 heavy (non-hydrogen) atoms. The van der Waals surface area contributed by atoms with Crippen LogP contribution in [0, 0.1) is 5.82 Å². The van der Waals surface area contributed by atoms with E-state index in [0.29, 0.717) is 19.8 Å². The summed E-state index contributed by atoms with van der Waals surface area (Å²) in [4.78, 5) is 4.67. The summed E-state index contributed by atoms with van der Waals surface area (Å²) in [5.74, 6) is 0.578. The molecule has 1 aromatic rings. The van der Waals surface area contributed by atoms with E-state index in [1.54, 1.807) is 19.2 Å². The summed E-state index contributed by atoms with van der Waals surface area (Å²) >= 11 is 0. The maximum absolute atomic E-state index is 13.5. The van der Waals surface area contributed by atoms with Gasteiger partial charge in [-0.3, -0.25) is 4.99 Å². The number of aliphatic imine (C=N–C) groups is 1. The molecule has 0 atom stereocenters. The van der Waals surface area contributed by atoms with Gasteiger partial charge in [0.25, 0.3) is 0 Å². The number of methoxy groups -OCH3 is 1. The molecule has 0 aliphatic carbocycles. The summed E-state index contributed by atoms with van der Waals surface area (Å²) in [6.07, 6.45) is 2.00. The van der Waals surface area contributed by atoms with Crippen LogP contribution in [0.3, 0.4) is 0 Å². The fourth-order valence-electron chi connectivity index (χ4n) is 2.40. The van der Waals surface area contributed by atoms with Gasteiger partial charge in [-0.05, 0) is 37.5 Å². The van der Waals surface area contributed by atoms with Crippen LogP contribution in [-0.2, 0) is 14.9 Å². The molecule has 2 N–H and O–H groups in total. The minimum atomic E-state index is -0.236. The normalized spacial score (nSPS) is 12.3. The van der Waals surface area contributed by atoms with Crippen molar-refractivity contribution in [3.05, 3.63) is 35.6 Å². The van der Waals surface area contributed by atoms with Gasteiger partial charge >= 0.3 is 0 Å². The van der Waals surface area contributed by atoms with E-state index in [1.807, 2.05) is 13.0 Å². The van der Waals surface area contributed by atoms with Crippen LogP contribution in [0.5, 0.6) is 0 Å². The quantitative estimate of drug-likeness (QED) is 0.339. The lowest BCUT2D eigenvalue weighted by Crippen LogP contribution is -2.39. The Bertz CT molecular complexity index is 536. The maximum Gasteiger partial charge on any atom is 0.191 e. The molecule has 0 amide bonds. The average molecular weight is 368 g/mol. The Morgan fingerprint density at radius 2 is 1.96 bits per heavy atom. The second kappa shape index (κ2) is 12.7. The molecule has 1 aromatic carbocycles. The number of benzene rings is 1. The number of hydrogen-bond donors (Lipinski definition) is 2. The molecule has 0 aliphatic heterocycles. The first-order valence-corrected chi connectivity index (χ1v) is 9.34. The van der Waals surface area contributed by atoms with Gasteiger partial charge in [-0.25, -0.2) is 4.39 Å². The number of hydrogen-bond acceptors (Lipinski definition) is 3. The molecule has 0 unspecified atom stereocenters. The summed E-state index contributed by atoms with van der Waals surface area (Å²) in [6.45, 7) is 10.4. The van der Waals surface area contributed by atoms with Crippen molar-refractivity contribution in [2.75, 3.05) is 46.6 Å². The molecule has 0 radical (unpaired) electrons. The van der Waals surface area contributed by atoms with E-state index in [0.717, 1.165) is 44.1 Å². The summed E-state index contributed by atoms with van der Waals surface area (Å²) in [6, 6.07) is 6.74. The molecule has 5 nitrogen and oxygen atoms in total. The fraction of sp³-hybridized carbons (Fsp3) is 0.650. The summed E-state index contributed by atoms with van der Waals surface area (Å²) < 4.78 is 23.9. The van der Waals surface area contributed by atoms with E-state index in [4.69, 9.17) is 9.47 Å². The molecule has 0 aliphatic rings. The van der Waals surface area contributed by atoms with Gasteiger partial charge in [-0.15, -0.1) is 0 Å². The highest BCUT2D eigenvalue weighted by molar-refractivity contribution is 5.79. The molecule has 0 spiro atoms. The second-order valence-electron chi connectivity index (χ2n) is 6.83. The highest BCUT2D eigenvalue weighted by atomic mass is 19.1. The Hall–Kier alpha value is -1.66. The van der Waals surface area contributed by atoms with Crippen LogP contribution in [-0.4, -0.2) is 52.5 Å². The molecule has 148 valence electrons. The van der Waals surface area contributed by atoms with Crippen molar-refractivity contribution < 1.29 is 13.9 Å². The van der Waals surface area contributed by atoms with Gasteiger partial charge in [-0.1, -0.05) is 26.0 Å². The lowest BCUT2D eigenvalue weighted by atomic mass is 9.85. The van der Waals surface area contributed by atoms with Crippen molar-refractivity contribution in [3.8, 4) is 0 Å². The van der Waals surface area contributed by atoms with Crippen molar-refractivity contribution in [3.63, 3.8) is 0 Å². The van der Waals surface area contributed by atoms with Gasteiger partial charge in [0.15, 0.2) is 5.96 Å². The lowest BCUT2D eigenvalue weighted by molar-refractivity contribution is 0.0689. The number of nitrogens with one attached hydrogen (secondary N) is 2. The van der Waals surface area contributed by atoms with Crippen LogP contribution in [0.4, 0.5) is 4.39 Å². The predicted molar refractivity (Wildman–Crippen MR) is 105 cm³/mol. The van der Waals surface area contributed by atoms with Crippen LogP contribution < -0.4 is 10.6 Å². The maximum atomic E-state index is 13.5. The minimum absolute atomic E-state index is 0.211. The van der Waals surface area contributed by atoms with Gasteiger partial charge < -0.3 is 20.1 Å². The van der Waals surface area contributed by atoms with E-state index >= 15 is 0 Å². The molecule has 6 heteroatoms. The molecule has 0 saturated carbocycles. The van der Waals surface area contributed by atoms with Crippen LogP contribution in [0.15, 0.2) is 29.3 Å². The Morgan fingerprint density at radius 3 is 2.65 bits per heavy atom. The molecule has 0 fully saturated rings. The minimum Gasteiger partial charge on any atom is -0.382 e. The predicted octanol–water partition coefficient (Wildman–Crippen LogP) is 3.10. The number of unbranched alkanes of at least 4 members (excludes halogenated alkanes) is 1. The average Bonchev–Trinajstić information content (AvgIpc) is 2.62. The van der Waals surface area contributed by atoms with Crippen molar-refractivity contribution in [1.29, 1.82) is 0 Å². The summed E-state index contributed by atoms with van der Waals surface area (Å²) in [5.41, 5.74) is 0.713. The second-order valence-corrected chi connectivity index (χ2v) is 6.83. The molecule has 0 aromatic heterocycles. The Balaban J connectivity index is 2.42. The molecule has 1 rings (SSSR count). The lowest BCUT2D eigenvalue weighted by Gasteiger charge is -2.24. The van der Waals surface area contributed by atoms with Crippen molar-refractivity contribution in [2.45, 2.75) is 39.0 Å². The van der Waals surface area contributed by atoms with Gasteiger partial charge in [0.05, 0.1) is 19.8 Å². The van der Waals surface area contributed by atoms with E-state index < -0.39 is 0 Å². The third-order valence-electron chi connectivity index (χ3n) is 4.02. The summed E-state index contributed by atoms with van der Waals surface area (Å²) in [5, 5.41) is 6.60. The first kappa shape index (κ1) is 22.4. The molecule has 0 saturated heterocycles.